The van der Waals surface area contributed by atoms with Crippen molar-refractivity contribution >= 4 is 45.7 Å². The van der Waals surface area contributed by atoms with Gasteiger partial charge in [-0.2, -0.15) is 13.2 Å². The van der Waals surface area contributed by atoms with Gasteiger partial charge in [0.15, 0.2) is 5.16 Å². The minimum atomic E-state index is -4.65. The zero-order valence-electron chi connectivity index (χ0n) is 16.4. The highest BCUT2D eigenvalue weighted by Crippen LogP contribution is 2.32. The largest absolute Gasteiger partial charge is 0.433 e. The van der Waals surface area contributed by atoms with E-state index in [1.165, 1.54) is 0 Å². The zero-order valence-corrected chi connectivity index (χ0v) is 17.9. The summed E-state index contributed by atoms with van der Waals surface area (Å²) < 4.78 is 40.1. The van der Waals surface area contributed by atoms with Gasteiger partial charge < -0.3 is 5.32 Å². The highest BCUT2D eigenvalue weighted by molar-refractivity contribution is 7.99. The van der Waals surface area contributed by atoms with Crippen molar-refractivity contribution in [3.05, 3.63) is 83.5 Å². The number of alkyl halides is 3. The number of carbonyl (C=O) groups excluding carboxylic acids is 1. The van der Waals surface area contributed by atoms with Crippen molar-refractivity contribution in [3.8, 4) is 11.3 Å². The molecule has 0 saturated heterocycles. The standard InChI is InChI=1S/C23H15ClF3N3OS/c24-16-10-8-15(9-11-16)19-12-20(23(25,26)27)30-22(29-19)32-13-21(31)28-18-7-3-5-14-4-1-2-6-17(14)18/h1-12H,13H2,(H,28,31). The number of anilines is 1. The minimum absolute atomic E-state index is 0.0981. The lowest BCUT2D eigenvalue weighted by molar-refractivity contribution is -0.141. The predicted octanol–water partition coefficient (Wildman–Crippen LogP) is 6.70. The van der Waals surface area contributed by atoms with Crippen molar-refractivity contribution in [2.75, 3.05) is 11.1 Å². The Labute approximate surface area is 190 Å². The molecule has 4 rings (SSSR count). The average Bonchev–Trinajstić information content (AvgIpc) is 2.78. The third-order valence-corrected chi connectivity index (χ3v) is 5.63. The molecule has 0 aliphatic rings. The number of amides is 1. The van der Waals surface area contributed by atoms with Crippen molar-refractivity contribution < 1.29 is 18.0 Å². The number of thioether (sulfide) groups is 1. The van der Waals surface area contributed by atoms with Gasteiger partial charge in [-0.15, -0.1) is 0 Å². The fraction of sp³-hybridized carbons (Fsp3) is 0.0870. The van der Waals surface area contributed by atoms with Crippen molar-refractivity contribution in [3.63, 3.8) is 0 Å². The number of benzene rings is 3. The Morgan fingerprint density at radius 2 is 1.69 bits per heavy atom. The van der Waals surface area contributed by atoms with Crippen molar-refractivity contribution in [2.45, 2.75) is 11.3 Å². The third kappa shape index (κ3) is 5.20. The molecule has 0 aliphatic carbocycles. The Balaban J connectivity index is 1.54. The first-order valence-corrected chi connectivity index (χ1v) is 10.8. The summed E-state index contributed by atoms with van der Waals surface area (Å²) in [4.78, 5) is 20.3. The van der Waals surface area contributed by atoms with E-state index in [1.54, 1.807) is 30.3 Å². The van der Waals surface area contributed by atoms with Crippen molar-refractivity contribution in [1.82, 2.24) is 9.97 Å². The lowest BCUT2D eigenvalue weighted by atomic mass is 10.1. The van der Waals surface area contributed by atoms with Gasteiger partial charge in [-0.05, 0) is 29.7 Å². The number of hydrogen-bond donors (Lipinski definition) is 1. The van der Waals surface area contributed by atoms with E-state index in [4.69, 9.17) is 11.6 Å². The first kappa shape index (κ1) is 22.1. The van der Waals surface area contributed by atoms with Crippen LogP contribution in [-0.2, 0) is 11.0 Å². The number of halogens is 4. The van der Waals surface area contributed by atoms with Gasteiger partial charge in [0.2, 0.25) is 5.91 Å². The van der Waals surface area contributed by atoms with Crippen LogP contribution in [0.1, 0.15) is 5.69 Å². The molecule has 0 aliphatic heterocycles. The molecule has 1 heterocycles. The molecule has 3 aromatic carbocycles. The maximum atomic E-state index is 13.4. The minimum Gasteiger partial charge on any atom is -0.325 e. The van der Waals surface area contributed by atoms with Gasteiger partial charge in [0.1, 0.15) is 5.69 Å². The normalized spacial score (nSPS) is 11.5. The van der Waals surface area contributed by atoms with Crippen LogP contribution in [0.2, 0.25) is 5.02 Å². The van der Waals surface area contributed by atoms with E-state index in [1.807, 2.05) is 36.4 Å². The van der Waals surface area contributed by atoms with Crippen LogP contribution in [0.4, 0.5) is 18.9 Å². The van der Waals surface area contributed by atoms with E-state index in [-0.39, 0.29) is 22.5 Å². The molecule has 162 valence electrons. The summed E-state index contributed by atoms with van der Waals surface area (Å²) in [5.74, 6) is -0.523. The Morgan fingerprint density at radius 1 is 0.969 bits per heavy atom. The number of rotatable bonds is 5. The summed E-state index contributed by atoms with van der Waals surface area (Å²) >= 11 is 6.70. The Bertz CT molecular complexity index is 1270. The first-order valence-electron chi connectivity index (χ1n) is 9.42. The van der Waals surface area contributed by atoms with E-state index in [2.05, 4.69) is 15.3 Å². The van der Waals surface area contributed by atoms with Crippen LogP contribution in [0.3, 0.4) is 0 Å². The molecule has 0 atom stereocenters. The fourth-order valence-corrected chi connectivity index (χ4v) is 3.84. The summed E-state index contributed by atoms with van der Waals surface area (Å²) in [5.41, 5.74) is 0.111. The van der Waals surface area contributed by atoms with Crippen molar-refractivity contribution in [2.24, 2.45) is 0 Å². The van der Waals surface area contributed by atoms with E-state index in [9.17, 15) is 18.0 Å². The second-order valence-corrected chi connectivity index (χ2v) is 8.17. The number of nitrogens with zero attached hydrogens (tertiary/aromatic N) is 2. The van der Waals surface area contributed by atoms with Crippen LogP contribution in [0, 0.1) is 0 Å². The number of aromatic nitrogens is 2. The second-order valence-electron chi connectivity index (χ2n) is 6.79. The summed E-state index contributed by atoms with van der Waals surface area (Å²) in [6, 6.07) is 20.2. The highest BCUT2D eigenvalue weighted by atomic mass is 35.5. The maximum Gasteiger partial charge on any atom is 0.433 e. The molecular weight excluding hydrogens is 459 g/mol. The molecule has 4 nitrogen and oxygen atoms in total. The number of carbonyl (C=O) groups is 1. The van der Waals surface area contributed by atoms with Gasteiger partial charge in [0.05, 0.1) is 11.4 Å². The monoisotopic (exact) mass is 473 g/mol. The lowest BCUT2D eigenvalue weighted by Crippen LogP contribution is -2.15. The molecule has 9 heteroatoms. The summed E-state index contributed by atoms with van der Waals surface area (Å²) in [7, 11) is 0. The first-order chi connectivity index (χ1) is 15.3. The van der Waals surface area contributed by atoms with Gasteiger partial charge in [0.25, 0.3) is 0 Å². The molecular formula is C23H15ClF3N3OS. The van der Waals surface area contributed by atoms with Crippen LogP contribution in [0.5, 0.6) is 0 Å². The summed E-state index contributed by atoms with van der Waals surface area (Å²) in [5, 5.41) is 4.95. The Hall–Kier alpha value is -3.10. The van der Waals surface area contributed by atoms with Crippen LogP contribution in [0.15, 0.2) is 78.0 Å². The second kappa shape index (κ2) is 9.18. The quantitative estimate of drug-likeness (QED) is 0.259. The Kier molecular flexibility index (Phi) is 6.34. The van der Waals surface area contributed by atoms with E-state index < -0.39 is 11.9 Å². The number of hydrogen-bond acceptors (Lipinski definition) is 4. The molecule has 32 heavy (non-hydrogen) atoms. The van der Waals surface area contributed by atoms with Gasteiger partial charge in [-0.25, -0.2) is 9.97 Å². The number of fused-ring (bicyclic) bond motifs is 1. The van der Waals surface area contributed by atoms with Crippen LogP contribution in [-0.4, -0.2) is 21.6 Å². The molecule has 1 amide bonds. The predicted molar refractivity (Wildman–Crippen MR) is 121 cm³/mol. The molecule has 1 N–H and O–H groups in total. The van der Waals surface area contributed by atoms with Crippen LogP contribution >= 0.6 is 23.4 Å². The Morgan fingerprint density at radius 3 is 2.44 bits per heavy atom. The molecule has 0 fully saturated rings. The molecule has 0 saturated carbocycles. The fourth-order valence-electron chi connectivity index (χ4n) is 3.05. The lowest BCUT2D eigenvalue weighted by Gasteiger charge is -2.11. The number of nitrogens with one attached hydrogen (secondary N) is 1. The molecule has 0 radical (unpaired) electrons. The molecule has 1 aromatic heterocycles. The van der Waals surface area contributed by atoms with Gasteiger partial charge in [0, 0.05) is 21.7 Å². The summed E-state index contributed by atoms with van der Waals surface area (Å²) in [6.45, 7) is 0. The third-order valence-electron chi connectivity index (χ3n) is 4.53. The molecule has 0 spiro atoms. The van der Waals surface area contributed by atoms with Crippen LogP contribution < -0.4 is 5.32 Å². The highest BCUT2D eigenvalue weighted by Gasteiger charge is 2.34. The molecule has 0 bridgehead atoms. The topological polar surface area (TPSA) is 54.9 Å². The molecule has 4 aromatic rings. The molecule has 0 unspecified atom stereocenters. The summed E-state index contributed by atoms with van der Waals surface area (Å²) in [6.07, 6.45) is -4.65. The van der Waals surface area contributed by atoms with Gasteiger partial charge >= 0.3 is 6.18 Å². The smallest absolute Gasteiger partial charge is 0.325 e. The maximum absolute atomic E-state index is 13.4. The van der Waals surface area contributed by atoms with Gasteiger partial charge in [-0.1, -0.05) is 71.9 Å². The van der Waals surface area contributed by atoms with Crippen LogP contribution in [0.25, 0.3) is 22.0 Å². The zero-order chi connectivity index (χ0) is 22.7. The van der Waals surface area contributed by atoms with Crippen molar-refractivity contribution in [1.29, 1.82) is 0 Å². The van der Waals surface area contributed by atoms with Gasteiger partial charge in [-0.3, -0.25) is 4.79 Å². The average molecular weight is 474 g/mol. The van der Waals surface area contributed by atoms with E-state index >= 15 is 0 Å². The SMILES string of the molecule is O=C(CSc1nc(-c2ccc(Cl)cc2)cc(C(F)(F)F)n1)Nc1cccc2ccccc12. The van der Waals surface area contributed by atoms with E-state index in [0.717, 1.165) is 28.6 Å². The van der Waals surface area contributed by atoms with E-state index in [0.29, 0.717) is 16.3 Å².